The Kier molecular flexibility index (Phi) is 5.30. The Morgan fingerprint density at radius 3 is 2.70 bits per heavy atom. The number of hydrogen-bond donors (Lipinski definition) is 0. The van der Waals surface area contributed by atoms with Crippen molar-refractivity contribution >= 4 is 0 Å². The fourth-order valence-electron chi connectivity index (χ4n) is 4.19. The minimum atomic E-state index is -0.0204. The first kappa shape index (κ1) is 16.0. The highest BCUT2D eigenvalue weighted by molar-refractivity contribution is 5.10. The predicted octanol–water partition coefficient (Wildman–Crippen LogP) is 4.94. The van der Waals surface area contributed by atoms with Crippen LogP contribution in [0, 0.1) is 17.3 Å². The molecule has 1 saturated heterocycles. The summed E-state index contributed by atoms with van der Waals surface area (Å²) in [6.07, 6.45) is 8.57. The second-order valence-electron chi connectivity index (χ2n) is 7.32. The molecule has 0 saturated carbocycles. The minimum Gasteiger partial charge on any atom is -0.352 e. The summed E-state index contributed by atoms with van der Waals surface area (Å²) in [6, 6.07) is 0. The molecule has 116 valence electrons. The molecule has 2 aliphatic rings. The highest BCUT2D eigenvalue weighted by Crippen LogP contribution is 2.45. The van der Waals surface area contributed by atoms with Crippen molar-refractivity contribution in [1.29, 1.82) is 0 Å². The normalized spacial score (nSPS) is 42.4. The average molecular weight is 280 g/mol. The van der Waals surface area contributed by atoms with Gasteiger partial charge in [-0.3, -0.25) is 0 Å². The van der Waals surface area contributed by atoms with Crippen LogP contribution >= 0.6 is 0 Å². The monoisotopic (exact) mass is 280 g/mol. The molecule has 0 aromatic rings. The predicted molar refractivity (Wildman–Crippen MR) is 83.6 cm³/mol. The molecule has 0 radical (unpaired) electrons. The number of rotatable bonds is 4. The lowest BCUT2D eigenvalue weighted by atomic mass is 9.71. The van der Waals surface area contributed by atoms with Crippen LogP contribution in [0.15, 0.2) is 11.6 Å². The third-order valence-electron chi connectivity index (χ3n) is 4.99. The Bertz CT molecular complexity index is 349. The fraction of sp³-hybridized carbons (Fsp3) is 0.889. The van der Waals surface area contributed by atoms with Gasteiger partial charge in [0.15, 0.2) is 6.29 Å². The molecule has 2 rings (SSSR count). The smallest absolute Gasteiger partial charge is 0.163 e. The number of allylic oxidation sites excluding steroid dienone is 2. The third-order valence-corrected chi connectivity index (χ3v) is 4.99. The lowest BCUT2D eigenvalue weighted by molar-refractivity contribution is -0.283. The summed E-state index contributed by atoms with van der Waals surface area (Å²) >= 11 is 0. The molecule has 1 fully saturated rings. The van der Waals surface area contributed by atoms with Gasteiger partial charge in [-0.05, 0) is 38.5 Å². The van der Waals surface area contributed by atoms with Crippen molar-refractivity contribution in [3.8, 4) is 0 Å². The molecule has 0 aromatic carbocycles. The van der Waals surface area contributed by atoms with Gasteiger partial charge in [0.1, 0.15) is 0 Å². The van der Waals surface area contributed by atoms with Gasteiger partial charge in [-0.2, -0.15) is 0 Å². The fourth-order valence-corrected chi connectivity index (χ4v) is 4.19. The standard InChI is InChI=1S/C18H32O2/c1-6-8-16-15(7-2)12-19-17(20-16)18(5)10-13(3)9-14(4)11-18/h9,13,15-17H,6-8,10-12H2,1-5H3. The van der Waals surface area contributed by atoms with Gasteiger partial charge in [-0.25, -0.2) is 0 Å². The molecule has 0 spiro atoms. The molecule has 0 amide bonds. The molecule has 1 heterocycles. The summed E-state index contributed by atoms with van der Waals surface area (Å²) in [6.45, 7) is 12.3. The van der Waals surface area contributed by atoms with Gasteiger partial charge in [0, 0.05) is 11.3 Å². The molecule has 20 heavy (non-hydrogen) atoms. The molecule has 2 heteroatoms. The summed E-state index contributed by atoms with van der Waals surface area (Å²) in [5.41, 5.74) is 1.63. The van der Waals surface area contributed by atoms with Gasteiger partial charge in [0.2, 0.25) is 0 Å². The molecule has 1 aliphatic heterocycles. The zero-order valence-corrected chi connectivity index (χ0v) is 13.9. The largest absolute Gasteiger partial charge is 0.352 e. The molecule has 1 aliphatic carbocycles. The van der Waals surface area contributed by atoms with E-state index in [-0.39, 0.29) is 11.7 Å². The molecule has 5 atom stereocenters. The Hall–Kier alpha value is -0.340. The van der Waals surface area contributed by atoms with Crippen molar-refractivity contribution in [2.45, 2.75) is 79.1 Å². The van der Waals surface area contributed by atoms with E-state index < -0.39 is 0 Å². The lowest BCUT2D eigenvalue weighted by Gasteiger charge is -2.47. The number of ether oxygens (including phenoxy) is 2. The lowest BCUT2D eigenvalue weighted by Crippen LogP contribution is -2.48. The van der Waals surface area contributed by atoms with Gasteiger partial charge in [0.25, 0.3) is 0 Å². The van der Waals surface area contributed by atoms with E-state index in [1.54, 1.807) is 0 Å². The van der Waals surface area contributed by atoms with Crippen LogP contribution in [0.5, 0.6) is 0 Å². The maximum absolute atomic E-state index is 6.42. The molecule has 2 nitrogen and oxygen atoms in total. The van der Waals surface area contributed by atoms with E-state index >= 15 is 0 Å². The Labute approximate surface area is 124 Å². The van der Waals surface area contributed by atoms with Gasteiger partial charge in [-0.1, -0.05) is 45.8 Å². The van der Waals surface area contributed by atoms with Crippen molar-refractivity contribution in [3.05, 3.63) is 11.6 Å². The minimum absolute atomic E-state index is 0.0204. The van der Waals surface area contributed by atoms with Crippen LogP contribution in [0.4, 0.5) is 0 Å². The topological polar surface area (TPSA) is 18.5 Å². The van der Waals surface area contributed by atoms with E-state index in [0.717, 1.165) is 19.4 Å². The maximum Gasteiger partial charge on any atom is 0.163 e. The first-order valence-corrected chi connectivity index (χ1v) is 8.43. The molecule has 0 aromatic heterocycles. The average Bonchev–Trinajstić information content (AvgIpc) is 2.37. The summed E-state index contributed by atoms with van der Waals surface area (Å²) in [5, 5.41) is 0. The van der Waals surface area contributed by atoms with Crippen LogP contribution in [0.25, 0.3) is 0 Å². The Balaban J connectivity index is 2.07. The molecular weight excluding hydrogens is 248 g/mol. The molecule has 5 unspecified atom stereocenters. The van der Waals surface area contributed by atoms with Crippen LogP contribution in [0.2, 0.25) is 0 Å². The highest BCUT2D eigenvalue weighted by atomic mass is 16.7. The summed E-state index contributed by atoms with van der Waals surface area (Å²) < 4.78 is 12.6. The van der Waals surface area contributed by atoms with Gasteiger partial charge >= 0.3 is 0 Å². The quantitative estimate of drug-likeness (QED) is 0.679. The molecule has 0 bridgehead atoms. The van der Waals surface area contributed by atoms with Gasteiger partial charge in [0.05, 0.1) is 12.7 Å². The zero-order valence-electron chi connectivity index (χ0n) is 13.9. The van der Waals surface area contributed by atoms with Gasteiger partial charge in [-0.15, -0.1) is 0 Å². The van der Waals surface area contributed by atoms with Crippen molar-refractivity contribution in [2.24, 2.45) is 17.3 Å². The van der Waals surface area contributed by atoms with Crippen LogP contribution in [0.3, 0.4) is 0 Å². The Morgan fingerprint density at radius 1 is 1.35 bits per heavy atom. The first-order valence-electron chi connectivity index (χ1n) is 8.43. The SMILES string of the molecule is CCCC1OC(C2(C)CC(C)=CC(C)C2)OCC1CC. The molecule has 0 N–H and O–H groups in total. The first-order chi connectivity index (χ1) is 9.48. The third kappa shape index (κ3) is 3.46. The summed E-state index contributed by atoms with van der Waals surface area (Å²) in [4.78, 5) is 0. The van der Waals surface area contributed by atoms with E-state index in [9.17, 15) is 0 Å². The van der Waals surface area contributed by atoms with E-state index in [4.69, 9.17) is 9.47 Å². The van der Waals surface area contributed by atoms with Crippen molar-refractivity contribution in [2.75, 3.05) is 6.61 Å². The Morgan fingerprint density at radius 2 is 2.10 bits per heavy atom. The van der Waals surface area contributed by atoms with E-state index in [0.29, 0.717) is 17.9 Å². The second-order valence-corrected chi connectivity index (χ2v) is 7.32. The summed E-state index contributed by atoms with van der Waals surface area (Å²) in [5.74, 6) is 1.21. The van der Waals surface area contributed by atoms with E-state index in [2.05, 4.69) is 40.7 Å². The molecular formula is C18H32O2. The second kappa shape index (κ2) is 6.62. The zero-order chi connectivity index (χ0) is 14.8. The van der Waals surface area contributed by atoms with Crippen LogP contribution < -0.4 is 0 Å². The van der Waals surface area contributed by atoms with Crippen molar-refractivity contribution in [1.82, 2.24) is 0 Å². The van der Waals surface area contributed by atoms with Gasteiger partial charge < -0.3 is 9.47 Å². The van der Waals surface area contributed by atoms with Crippen LogP contribution in [-0.2, 0) is 9.47 Å². The van der Waals surface area contributed by atoms with Crippen LogP contribution in [-0.4, -0.2) is 19.0 Å². The highest BCUT2D eigenvalue weighted by Gasteiger charge is 2.43. The van der Waals surface area contributed by atoms with Crippen molar-refractivity contribution < 1.29 is 9.47 Å². The van der Waals surface area contributed by atoms with Crippen molar-refractivity contribution in [3.63, 3.8) is 0 Å². The number of hydrogen-bond acceptors (Lipinski definition) is 2. The summed E-state index contributed by atoms with van der Waals surface area (Å²) in [7, 11) is 0. The van der Waals surface area contributed by atoms with E-state index in [1.807, 2.05) is 0 Å². The maximum atomic E-state index is 6.42. The van der Waals surface area contributed by atoms with Crippen LogP contribution in [0.1, 0.15) is 66.7 Å². The van der Waals surface area contributed by atoms with E-state index in [1.165, 1.54) is 24.8 Å².